The van der Waals surface area contributed by atoms with Crippen LogP contribution in [0.2, 0.25) is 0 Å². The number of rotatable bonds is 4. The third-order valence-electron chi connectivity index (χ3n) is 11.9. The number of carboxylic acids is 1. The Bertz CT molecular complexity index is 971. The molecule has 4 fully saturated rings. The summed E-state index contributed by atoms with van der Waals surface area (Å²) in [4.78, 5) is 49.7. The Hall–Kier alpha value is -1.92. The number of carboxylic acid groups (broad SMARTS) is 1. The van der Waals surface area contributed by atoms with E-state index in [9.17, 15) is 24.3 Å². The van der Waals surface area contributed by atoms with Crippen LogP contribution in [0.15, 0.2) is 0 Å². The molecule has 0 unspecified atom stereocenters. The van der Waals surface area contributed by atoms with Crippen molar-refractivity contribution in [3.8, 4) is 0 Å². The molecule has 0 aromatic heterocycles. The number of fused-ring (bicyclic) bond motifs is 5. The summed E-state index contributed by atoms with van der Waals surface area (Å²) in [7, 11) is 0. The van der Waals surface area contributed by atoms with E-state index in [0.717, 1.165) is 32.1 Å². The molecule has 0 aromatic rings. The Kier molecular flexibility index (Phi) is 6.45. The molecule has 0 spiro atoms. The van der Waals surface area contributed by atoms with Crippen LogP contribution in [0.25, 0.3) is 0 Å². The van der Waals surface area contributed by atoms with Crippen molar-refractivity contribution >= 4 is 23.7 Å². The smallest absolute Gasteiger partial charge is 0.320 e. The zero-order valence-electron chi connectivity index (χ0n) is 23.1. The van der Waals surface area contributed by atoms with Gasteiger partial charge in [0.1, 0.15) is 12.7 Å². The van der Waals surface area contributed by atoms with Crippen molar-refractivity contribution < 1.29 is 33.8 Å². The van der Waals surface area contributed by atoms with Gasteiger partial charge in [0.25, 0.3) is 0 Å². The fourth-order valence-corrected chi connectivity index (χ4v) is 9.77. The van der Waals surface area contributed by atoms with Crippen LogP contribution in [-0.4, -0.2) is 41.5 Å². The molecule has 0 saturated heterocycles. The van der Waals surface area contributed by atoms with Crippen molar-refractivity contribution in [3.05, 3.63) is 0 Å². The van der Waals surface area contributed by atoms with Gasteiger partial charge < -0.3 is 14.6 Å². The molecule has 7 nitrogen and oxygen atoms in total. The molecule has 0 aliphatic heterocycles. The normalized spacial score (nSPS) is 45.5. The predicted octanol–water partition coefficient (Wildman–Crippen LogP) is 5.19. The van der Waals surface area contributed by atoms with Gasteiger partial charge in [0.2, 0.25) is 0 Å². The lowest BCUT2D eigenvalue weighted by molar-refractivity contribution is -0.237. The molecule has 4 aliphatic carbocycles. The highest BCUT2D eigenvalue weighted by Crippen LogP contribution is 2.74. The lowest BCUT2D eigenvalue weighted by atomic mass is 9.33. The van der Waals surface area contributed by atoms with Crippen LogP contribution >= 0.6 is 0 Å². The van der Waals surface area contributed by atoms with Crippen LogP contribution in [0, 0.1) is 44.8 Å². The third-order valence-corrected chi connectivity index (χ3v) is 11.9. The van der Waals surface area contributed by atoms with Crippen LogP contribution < -0.4 is 0 Å². The zero-order chi connectivity index (χ0) is 26.9. The number of ether oxygens (including phenoxy) is 2. The van der Waals surface area contributed by atoms with E-state index in [4.69, 9.17) is 9.47 Å². The van der Waals surface area contributed by atoms with E-state index in [1.54, 1.807) is 0 Å². The van der Waals surface area contributed by atoms with Gasteiger partial charge in [-0.15, -0.1) is 0 Å². The minimum atomic E-state index is -1.65. The Labute approximate surface area is 215 Å². The van der Waals surface area contributed by atoms with Crippen molar-refractivity contribution in [1.82, 2.24) is 0 Å². The number of hydrogen-bond acceptors (Lipinski definition) is 6. The lowest BCUT2D eigenvalue weighted by Gasteiger charge is -2.71. The van der Waals surface area contributed by atoms with E-state index in [0.29, 0.717) is 24.7 Å². The maximum absolute atomic E-state index is 13.9. The molecule has 0 amide bonds. The highest BCUT2D eigenvalue weighted by molar-refractivity contribution is 6.05. The van der Waals surface area contributed by atoms with Crippen molar-refractivity contribution in [2.24, 2.45) is 44.8 Å². The maximum Gasteiger partial charge on any atom is 0.320 e. The number of Topliss-reactive ketones (excluding diaryl/α,β-unsaturated/α-hetero) is 1. The lowest BCUT2D eigenvalue weighted by Crippen LogP contribution is -2.68. The second-order valence-corrected chi connectivity index (χ2v) is 13.6. The number of carbonyl (C=O) groups excluding carboxylic acids is 3. The van der Waals surface area contributed by atoms with E-state index in [1.165, 1.54) is 13.8 Å². The largest absolute Gasteiger partial charge is 0.480 e. The number of aliphatic carboxylic acids is 1. The standard InChI is InChI=1S/C29H44O7/c1-17(30)35-16-29(24(33)34)15-14-27(6)19(23(29)32)8-9-21-26(5)12-11-22(36-18(2)31)25(3,4)20(26)10-13-28(21,27)7/h19-22H,8-16H2,1-7H3,(H,33,34)/t19-,20+,21-,22+,26+,27-,28-,29+/m1/s1. The number of esters is 2. The summed E-state index contributed by atoms with van der Waals surface area (Å²) in [6, 6.07) is 0. The first-order valence-corrected chi connectivity index (χ1v) is 13.6. The van der Waals surface area contributed by atoms with Crippen LogP contribution in [0.5, 0.6) is 0 Å². The topological polar surface area (TPSA) is 107 Å². The van der Waals surface area contributed by atoms with Gasteiger partial charge in [-0.1, -0.05) is 34.6 Å². The molecule has 0 heterocycles. The number of carbonyl (C=O) groups is 4. The quantitative estimate of drug-likeness (QED) is 0.415. The second kappa shape index (κ2) is 8.56. The van der Waals surface area contributed by atoms with Crippen molar-refractivity contribution in [1.29, 1.82) is 0 Å². The summed E-state index contributed by atoms with van der Waals surface area (Å²) in [5.41, 5.74) is -2.14. The van der Waals surface area contributed by atoms with E-state index in [-0.39, 0.29) is 58.5 Å². The first-order valence-electron chi connectivity index (χ1n) is 13.6. The van der Waals surface area contributed by atoms with Gasteiger partial charge >= 0.3 is 17.9 Å². The molecule has 202 valence electrons. The summed E-state index contributed by atoms with van der Waals surface area (Å²) in [5, 5.41) is 10.1. The maximum atomic E-state index is 13.9. The average Bonchev–Trinajstić information content (AvgIpc) is 2.76. The average molecular weight is 505 g/mol. The molecule has 36 heavy (non-hydrogen) atoms. The molecular formula is C29H44O7. The Morgan fingerprint density at radius 3 is 2.08 bits per heavy atom. The minimum Gasteiger partial charge on any atom is -0.480 e. The monoisotopic (exact) mass is 504 g/mol. The number of ketones is 1. The minimum absolute atomic E-state index is 0.0588. The van der Waals surface area contributed by atoms with E-state index in [1.807, 2.05) is 0 Å². The molecule has 1 N–H and O–H groups in total. The molecule has 0 radical (unpaired) electrons. The fraction of sp³-hybridized carbons (Fsp3) is 0.862. The van der Waals surface area contributed by atoms with Gasteiger partial charge in [0.15, 0.2) is 11.2 Å². The van der Waals surface area contributed by atoms with Crippen molar-refractivity contribution in [2.45, 2.75) is 106 Å². The molecule has 0 aromatic carbocycles. The highest BCUT2D eigenvalue weighted by atomic mass is 16.5. The molecule has 8 atom stereocenters. The predicted molar refractivity (Wildman–Crippen MR) is 133 cm³/mol. The first kappa shape index (κ1) is 27.1. The fourth-order valence-electron chi connectivity index (χ4n) is 9.77. The molecule has 4 saturated carbocycles. The van der Waals surface area contributed by atoms with E-state index < -0.39 is 17.4 Å². The molecular weight excluding hydrogens is 460 g/mol. The SMILES string of the molecule is CC(=O)OC[C@@]1(C(=O)O)CC[C@]2(C)[C@H](CC[C@@H]3[C@@]4(C)CC[C@H](OC(C)=O)C(C)(C)[C@@H]4CC[C@]32C)C1=O. The summed E-state index contributed by atoms with van der Waals surface area (Å²) >= 11 is 0. The highest BCUT2D eigenvalue weighted by Gasteiger charge is 2.71. The molecule has 4 rings (SSSR count). The van der Waals surface area contributed by atoms with Gasteiger partial charge in [0.05, 0.1) is 0 Å². The Morgan fingerprint density at radius 2 is 1.50 bits per heavy atom. The summed E-state index contributed by atoms with van der Waals surface area (Å²) in [6.45, 7) is 13.8. The van der Waals surface area contributed by atoms with Crippen LogP contribution in [0.4, 0.5) is 0 Å². The summed E-state index contributed by atoms with van der Waals surface area (Å²) in [6.07, 6.45) is 6.09. The first-order chi connectivity index (χ1) is 16.6. The molecule has 4 aliphatic rings. The van der Waals surface area contributed by atoms with Gasteiger partial charge in [-0.05, 0) is 79.4 Å². The van der Waals surface area contributed by atoms with Crippen LogP contribution in [-0.2, 0) is 28.7 Å². The summed E-state index contributed by atoms with van der Waals surface area (Å²) in [5.74, 6) is -1.76. The van der Waals surface area contributed by atoms with Gasteiger partial charge in [-0.3, -0.25) is 19.2 Å². The van der Waals surface area contributed by atoms with Crippen molar-refractivity contribution in [3.63, 3.8) is 0 Å². The van der Waals surface area contributed by atoms with Crippen LogP contribution in [0.3, 0.4) is 0 Å². The van der Waals surface area contributed by atoms with Gasteiger partial charge in [-0.2, -0.15) is 0 Å². The number of hydrogen-bond donors (Lipinski definition) is 1. The Morgan fingerprint density at radius 1 is 0.833 bits per heavy atom. The van der Waals surface area contributed by atoms with Gasteiger partial charge in [0, 0.05) is 25.2 Å². The van der Waals surface area contributed by atoms with E-state index >= 15 is 0 Å². The summed E-state index contributed by atoms with van der Waals surface area (Å²) < 4.78 is 10.9. The Balaban J connectivity index is 1.67. The molecule has 0 bridgehead atoms. The third kappa shape index (κ3) is 3.58. The van der Waals surface area contributed by atoms with E-state index in [2.05, 4.69) is 34.6 Å². The van der Waals surface area contributed by atoms with Crippen molar-refractivity contribution in [2.75, 3.05) is 6.61 Å². The van der Waals surface area contributed by atoms with Crippen LogP contribution in [0.1, 0.15) is 99.8 Å². The van der Waals surface area contributed by atoms with Gasteiger partial charge in [-0.25, -0.2) is 0 Å². The molecule has 7 heteroatoms. The second-order valence-electron chi connectivity index (χ2n) is 13.6. The zero-order valence-corrected chi connectivity index (χ0v) is 23.1.